The van der Waals surface area contributed by atoms with Gasteiger partial charge in [0.05, 0.1) is 5.51 Å². The van der Waals surface area contributed by atoms with Gasteiger partial charge in [0.25, 0.3) is 0 Å². The summed E-state index contributed by atoms with van der Waals surface area (Å²) in [6.07, 6.45) is 1.80. The van der Waals surface area contributed by atoms with E-state index in [0.717, 1.165) is 17.2 Å². The molecule has 3 nitrogen and oxygen atoms in total. The zero-order chi connectivity index (χ0) is 7.68. The number of aryl methyl sites for hydroxylation is 1. The van der Waals surface area contributed by atoms with E-state index >= 15 is 0 Å². The monoisotopic (exact) mass is 165 g/mol. The third-order valence-corrected chi connectivity index (χ3v) is 1.96. The maximum absolute atomic E-state index is 4.15. The summed E-state index contributed by atoms with van der Waals surface area (Å²) in [6.45, 7) is 1.98. The van der Waals surface area contributed by atoms with Crippen molar-refractivity contribution in [3.63, 3.8) is 0 Å². The van der Waals surface area contributed by atoms with Crippen LogP contribution in [-0.4, -0.2) is 15.0 Å². The van der Waals surface area contributed by atoms with Crippen LogP contribution in [0, 0.1) is 6.92 Å². The normalized spacial score (nSPS) is 10.3. The summed E-state index contributed by atoms with van der Waals surface area (Å²) in [5.74, 6) is 0.851. The number of nitrogens with zero attached hydrogens (tertiary/aromatic N) is 2. The summed E-state index contributed by atoms with van der Waals surface area (Å²) in [6, 6.07) is 0. The van der Waals surface area contributed by atoms with Crippen molar-refractivity contribution >= 4 is 11.3 Å². The number of rotatable bonds is 1. The molecule has 0 fully saturated rings. The first-order chi connectivity index (χ1) is 5.36. The molecule has 0 unspecified atom stereocenters. The van der Waals surface area contributed by atoms with Crippen LogP contribution in [0.2, 0.25) is 0 Å². The Kier molecular flexibility index (Phi) is 1.47. The summed E-state index contributed by atoms with van der Waals surface area (Å²) in [4.78, 5) is 11.4. The highest BCUT2D eigenvalue weighted by atomic mass is 32.1. The Labute approximate surface area is 68.1 Å². The lowest BCUT2D eigenvalue weighted by Crippen LogP contribution is -1.78. The minimum absolute atomic E-state index is 0.851. The highest BCUT2D eigenvalue weighted by molar-refractivity contribution is 7.07. The first kappa shape index (κ1) is 6.54. The van der Waals surface area contributed by atoms with Gasteiger partial charge in [0.1, 0.15) is 5.69 Å². The van der Waals surface area contributed by atoms with Gasteiger partial charge in [-0.25, -0.2) is 9.97 Å². The van der Waals surface area contributed by atoms with Crippen LogP contribution >= 0.6 is 11.3 Å². The van der Waals surface area contributed by atoms with E-state index in [9.17, 15) is 0 Å². The zero-order valence-electron chi connectivity index (χ0n) is 6.03. The molecule has 0 aliphatic rings. The molecule has 2 aromatic rings. The van der Waals surface area contributed by atoms with Crippen LogP contribution in [0.15, 0.2) is 17.1 Å². The van der Waals surface area contributed by atoms with Gasteiger partial charge in [-0.15, -0.1) is 11.3 Å². The van der Waals surface area contributed by atoms with Gasteiger partial charge < -0.3 is 4.98 Å². The number of hydrogen-bond acceptors (Lipinski definition) is 3. The van der Waals surface area contributed by atoms with Crippen molar-refractivity contribution in [2.24, 2.45) is 0 Å². The zero-order valence-corrected chi connectivity index (χ0v) is 6.85. The van der Waals surface area contributed by atoms with Gasteiger partial charge in [-0.05, 0) is 6.92 Å². The molecule has 1 N–H and O–H groups in total. The molecule has 4 heteroatoms. The topological polar surface area (TPSA) is 41.6 Å². The standard InChI is InChI=1S/C7H7N3S/c1-5-2-8-7(10-5)6-3-11-4-9-6/h2-4H,1H3,(H,8,10). The Morgan fingerprint density at radius 1 is 1.45 bits per heavy atom. The molecule has 2 aromatic heterocycles. The molecule has 2 rings (SSSR count). The van der Waals surface area contributed by atoms with Crippen LogP contribution in [0.4, 0.5) is 0 Å². The number of aromatic amines is 1. The molecular weight excluding hydrogens is 158 g/mol. The molecule has 0 bridgehead atoms. The Morgan fingerprint density at radius 3 is 2.91 bits per heavy atom. The van der Waals surface area contributed by atoms with Gasteiger partial charge in [-0.1, -0.05) is 0 Å². The molecule has 56 valence electrons. The van der Waals surface area contributed by atoms with Crippen LogP contribution in [0.1, 0.15) is 5.69 Å². The Balaban J connectivity index is 2.45. The summed E-state index contributed by atoms with van der Waals surface area (Å²) in [7, 11) is 0. The quantitative estimate of drug-likeness (QED) is 0.700. The summed E-state index contributed by atoms with van der Waals surface area (Å²) in [5, 5.41) is 1.97. The molecule has 2 heterocycles. The van der Waals surface area contributed by atoms with Crippen LogP contribution < -0.4 is 0 Å². The second kappa shape index (κ2) is 2.47. The molecule has 0 atom stereocenters. The van der Waals surface area contributed by atoms with E-state index in [0.29, 0.717) is 0 Å². The fraction of sp³-hybridized carbons (Fsp3) is 0.143. The summed E-state index contributed by atoms with van der Waals surface area (Å²) in [5.41, 5.74) is 3.78. The second-order valence-corrected chi connectivity index (χ2v) is 3.01. The van der Waals surface area contributed by atoms with E-state index in [2.05, 4.69) is 15.0 Å². The van der Waals surface area contributed by atoms with Gasteiger partial charge in [0, 0.05) is 17.3 Å². The van der Waals surface area contributed by atoms with E-state index in [4.69, 9.17) is 0 Å². The predicted octanol–water partition coefficient (Wildman–Crippen LogP) is 1.84. The van der Waals surface area contributed by atoms with Crippen LogP contribution in [0.3, 0.4) is 0 Å². The maximum atomic E-state index is 4.15. The fourth-order valence-corrected chi connectivity index (χ4v) is 1.41. The third-order valence-electron chi connectivity index (χ3n) is 1.38. The van der Waals surface area contributed by atoms with Crippen molar-refractivity contribution in [2.45, 2.75) is 6.92 Å². The van der Waals surface area contributed by atoms with Gasteiger partial charge in [-0.3, -0.25) is 0 Å². The number of aromatic nitrogens is 3. The van der Waals surface area contributed by atoms with Crippen molar-refractivity contribution in [3.05, 3.63) is 22.8 Å². The largest absolute Gasteiger partial charge is 0.341 e. The Morgan fingerprint density at radius 2 is 2.36 bits per heavy atom. The molecule has 11 heavy (non-hydrogen) atoms. The van der Waals surface area contributed by atoms with Crippen molar-refractivity contribution in [1.29, 1.82) is 0 Å². The smallest absolute Gasteiger partial charge is 0.157 e. The maximum Gasteiger partial charge on any atom is 0.157 e. The fourth-order valence-electron chi connectivity index (χ4n) is 0.872. The number of H-pyrrole nitrogens is 1. The molecule has 0 spiro atoms. The highest BCUT2D eigenvalue weighted by Crippen LogP contribution is 2.14. The van der Waals surface area contributed by atoms with E-state index in [1.165, 1.54) is 0 Å². The van der Waals surface area contributed by atoms with Gasteiger partial charge in [0.2, 0.25) is 0 Å². The molecule has 0 aliphatic carbocycles. The third kappa shape index (κ3) is 1.17. The number of hydrogen-bond donors (Lipinski definition) is 1. The van der Waals surface area contributed by atoms with Crippen molar-refractivity contribution < 1.29 is 0 Å². The molecule has 0 aromatic carbocycles. The second-order valence-electron chi connectivity index (χ2n) is 2.29. The van der Waals surface area contributed by atoms with Crippen molar-refractivity contribution in [3.8, 4) is 11.5 Å². The molecule has 0 radical (unpaired) electrons. The van der Waals surface area contributed by atoms with E-state index in [1.54, 1.807) is 23.0 Å². The van der Waals surface area contributed by atoms with Crippen LogP contribution in [0.25, 0.3) is 11.5 Å². The Hall–Kier alpha value is -1.16. The summed E-state index contributed by atoms with van der Waals surface area (Å²) < 4.78 is 0. The average Bonchev–Trinajstić information content (AvgIpc) is 2.55. The van der Waals surface area contributed by atoms with Gasteiger partial charge in [0.15, 0.2) is 5.82 Å². The molecular formula is C7H7N3S. The molecule has 0 aliphatic heterocycles. The van der Waals surface area contributed by atoms with Crippen LogP contribution in [0.5, 0.6) is 0 Å². The SMILES string of the molecule is Cc1cnc(-c2cscn2)[nH]1. The first-order valence-corrected chi connectivity index (χ1v) is 4.21. The lowest BCUT2D eigenvalue weighted by atomic mass is 10.5. The highest BCUT2D eigenvalue weighted by Gasteiger charge is 2.01. The van der Waals surface area contributed by atoms with Gasteiger partial charge >= 0.3 is 0 Å². The lowest BCUT2D eigenvalue weighted by molar-refractivity contribution is 1.22. The van der Waals surface area contributed by atoms with Crippen molar-refractivity contribution in [1.82, 2.24) is 15.0 Å². The molecule has 0 saturated heterocycles. The number of thiazole rings is 1. The predicted molar refractivity (Wildman–Crippen MR) is 44.4 cm³/mol. The van der Waals surface area contributed by atoms with Gasteiger partial charge in [-0.2, -0.15) is 0 Å². The number of imidazole rings is 1. The summed E-state index contributed by atoms with van der Waals surface area (Å²) >= 11 is 1.57. The van der Waals surface area contributed by atoms with E-state index < -0.39 is 0 Å². The minimum Gasteiger partial charge on any atom is -0.341 e. The molecule has 0 amide bonds. The van der Waals surface area contributed by atoms with Crippen LogP contribution in [-0.2, 0) is 0 Å². The number of nitrogens with one attached hydrogen (secondary N) is 1. The molecule has 0 saturated carbocycles. The first-order valence-electron chi connectivity index (χ1n) is 3.26. The average molecular weight is 165 g/mol. The lowest BCUT2D eigenvalue weighted by Gasteiger charge is -1.85. The Bertz CT molecular complexity index is 336. The van der Waals surface area contributed by atoms with Crippen molar-refractivity contribution in [2.75, 3.05) is 0 Å². The van der Waals surface area contributed by atoms with E-state index in [1.807, 2.05) is 12.3 Å². The minimum atomic E-state index is 0.851. The van der Waals surface area contributed by atoms with E-state index in [-0.39, 0.29) is 0 Å².